The molecular weight excluding hydrogens is 495 g/mol. The van der Waals surface area contributed by atoms with Gasteiger partial charge in [0.1, 0.15) is 23.6 Å². The summed E-state index contributed by atoms with van der Waals surface area (Å²) in [6.45, 7) is 11.1. The Bertz CT molecular complexity index is 1200. The predicted octanol–water partition coefficient (Wildman–Crippen LogP) is 5.07. The first-order valence-corrected chi connectivity index (χ1v) is 12.3. The molecule has 1 aliphatic heterocycles. The van der Waals surface area contributed by atoms with Gasteiger partial charge >= 0.3 is 0 Å². The minimum atomic E-state index is -0.487. The standard InChI is InChI=1S/C28H31ClN4O2.ClH/c1-27(2)25(28(3,4)26(27)35-22-10-7-19(16-30)23(29)15-22)33-13-11-18(12-14-33)5-8-21-9-6-20(17-32-21)24(31)34;/h6-7,9-10,15,17-18,25-26H,11-14H2,1-4H3,(H2,31,34);1H. The number of carbonyl (C=O) groups excluding carboxylic acids is 1. The Morgan fingerprint density at radius 2 is 1.83 bits per heavy atom. The second kappa shape index (κ2) is 10.7. The zero-order valence-electron chi connectivity index (χ0n) is 21.0. The van der Waals surface area contributed by atoms with E-state index in [1.54, 1.807) is 24.3 Å². The maximum atomic E-state index is 11.2. The number of amides is 1. The molecule has 0 spiro atoms. The Labute approximate surface area is 224 Å². The second-order valence-corrected chi connectivity index (χ2v) is 11.1. The Morgan fingerprint density at radius 1 is 1.17 bits per heavy atom. The summed E-state index contributed by atoms with van der Waals surface area (Å²) in [6.07, 6.45) is 3.51. The molecule has 1 aliphatic carbocycles. The van der Waals surface area contributed by atoms with Crippen LogP contribution in [0.2, 0.25) is 5.02 Å². The molecule has 1 aromatic heterocycles. The molecule has 4 rings (SSSR count). The molecule has 6 nitrogen and oxygen atoms in total. The summed E-state index contributed by atoms with van der Waals surface area (Å²) in [7, 11) is 0. The molecule has 2 N–H and O–H groups in total. The van der Waals surface area contributed by atoms with Crippen LogP contribution in [0.1, 0.15) is 62.2 Å². The molecule has 0 bridgehead atoms. The third-order valence-corrected chi connectivity index (χ3v) is 7.74. The van der Waals surface area contributed by atoms with Gasteiger partial charge in [-0.15, -0.1) is 12.4 Å². The number of ether oxygens (including phenoxy) is 1. The number of pyridine rings is 1. The van der Waals surface area contributed by atoms with E-state index in [0.29, 0.717) is 39.6 Å². The zero-order chi connectivity index (χ0) is 25.4. The van der Waals surface area contributed by atoms with Crippen LogP contribution >= 0.6 is 24.0 Å². The Kier molecular flexibility index (Phi) is 8.26. The van der Waals surface area contributed by atoms with Crippen molar-refractivity contribution >= 4 is 29.9 Å². The van der Waals surface area contributed by atoms with Crippen LogP contribution < -0.4 is 10.5 Å². The number of primary amides is 1. The average Bonchev–Trinajstić information content (AvgIpc) is 2.82. The zero-order valence-corrected chi connectivity index (χ0v) is 22.6. The summed E-state index contributed by atoms with van der Waals surface area (Å²) in [5.41, 5.74) is 6.67. The molecule has 1 amide bonds. The quantitative estimate of drug-likeness (QED) is 0.561. The highest BCUT2D eigenvalue weighted by molar-refractivity contribution is 6.31. The number of nitrogens with two attached hydrogens (primary N) is 1. The number of likely N-dealkylation sites (tertiary alicyclic amines) is 1. The SMILES string of the molecule is CC1(C)C(Oc2ccc(C#N)c(Cl)c2)C(C)(C)C1N1CCC(C#Cc2ccc(C(N)=O)cn2)CC1.Cl. The minimum Gasteiger partial charge on any atom is -0.489 e. The molecular formula is C28H32Cl2N4O2. The van der Waals surface area contributed by atoms with Crippen molar-refractivity contribution in [2.45, 2.75) is 52.7 Å². The maximum absolute atomic E-state index is 11.2. The molecule has 2 aromatic rings. The Morgan fingerprint density at radius 3 is 2.36 bits per heavy atom. The fourth-order valence-electron chi connectivity index (χ4n) is 6.24. The average molecular weight is 527 g/mol. The van der Waals surface area contributed by atoms with Crippen molar-refractivity contribution in [3.63, 3.8) is 0 Å². The Hall–Kier alpha value is -2.77. The number of hydrogen-bond acceptors (Lipinski definition) is 5. The fourth-order valence-corrected chi connectivity index (χ4v) is 6.45. The topological polar surface area (TPSA) is 92.2 Å². The van der Waals surface area contributed by atoms with Crippen molar-refractivity contribution in [1.29, 1.82) is 5.26 Å². The lowest BCUT2D eigenvalue weighted by molar-refractivity contribution is -0.212. The second-order valence-electron chi connectivity index (χ2n) is 10.7. The minimum absolute atomic E-state index is 0. The summed E-state index contributed by atoms with van der Waals surface area (Å²) in [5, 5.41) is 9.54. The first-order chi connectivity index (χ1) is 16.5. The van der Waals surface area contributed by atoms with Crippen molar-refractivity contribution in [1.82, 2.24) is 9.88 Å². The number of benzene rings is 1. The molecule has 2 fully saturated rings. The summed E-state index contributed by atoms with van der Waals surface area (Å²) < 4.78 is 6.44. The lowest BCUT2D eigenvalue weighted by Crippen LogP contribution is -2.75. The highest BCUT2D eigenvalue weighted by atomic mass is 35.5. The molecule has 1 aromatic carbocycles. The van der Waals surface area contributed by atoms with Gasteiger partial charge in [-0.3, -0.25) is 9.69 Å². The largest absolute Gasteiger partial charge is 0.489 e. The van der Waals surface area contributed by atoms with Crippen LogP contribution in [0.4, 0.5) is 0 Å². The van der Waals surface area contributed by atoms with Crippen molar-refractivity contribution in [2.75, 3.05) is 13.1 Å². The smallest absolute Gasteiger partial charge is 0.250 e. The molecule has 0 atom stereocenters. The van der Waals surface area contributed by atoms with E-state index in [1.807, 2.05) is 6.07 Å². The monoisotopic (exact) mass is 526 g/mol. The molecule has 2 heterocycles. The van der Waals surface area contributed by atoms with E-state index in [9.17, 15) is 4.79 Å². The van der Waals surface area contributed by atoms with Crippen molar-refractivity contribution < 1.29 is 9.53 Å². The lowest BCUT2D eigenvalue weighted by Gasteiger charge is -2.66. The van der Waals surface area contributed by atoms with E-state index in [-0.39, 0.29) is 29.3 Å². The lowest BCUT2D eigenvalue weighted by atomic mass is 9.48. The highest BCUT2D eigenvalue weighted by Crippen LogP contribution is 2.58. The Balaban J connectivity index is 0.00000361. The molecule has 8 heteroatoms. The van der Waals surface area contributed by atoms with Gasteiger partial charge in [-0.05, 0) is 56.1 Å². The molecule has 1 saturated carbocycles. The first-order valence-electron chi connectivity index (χ1n) is 11.9. The van der Waals surface area contributed by atoms with E-state index in [0.717, 1.165) is 25.9 Å². The number of carbonyl (C=O) groups is 1. The van der Waals surface area contributed by atoms with Crippen LogP contribution in [-0.2, 0) is 0 Å². The summed E-state index contributed by atoms with van der Waals surface area (Å²) in [5.74, 6) is 7.05. The van der Waals surface area contributed by atoms with E-state index in [4.69, 9.17) is 27.3 Å². The number of rotatable bonds is 4. The van der Waals surface area contributed by atoms with Gasteiger partial charge in [0, 0.05) is 35.1 Å². The number of aromatic nitrogens is 1. The number of nitriles is 1. The maximum Gasteiger partial charge on any atom is 0.250 e. The predicted molar refractivity (Wildman–Crippen MR) is 143 cm³/mol. The van der Waals surface area contributed by atoms with Gasteiger partial charge in [0.25, 0.3) is 0 Å². The van der Waals surface area contributed by atoms with Gasteiger partial charge in [0.15, 0.2) is 0 Å². The third kappa shape index (κ3) is 5.32. The van der Waals surface area contributed by atoms with Crippen molar-refractivity contribution in [3.8, 4) is 23.7 Å². The van der Waals surface area contributed by atoms with Crippen molar-refractivity contribution in [3.05, 3.63) is 58.4 Å². The van der Waals surface area contributed by atoms with E-state index < -0.39 is 5.91 Å². The van der Waals surface area contributed by atoms with E-state index in [2.05, 4.69) is 55.5 Å². The molecule has 190 valence electrons. The molecule has 1 saturated heterocycles. The number of halogens is 2. The molecule has 2 aliphatic rings. The molecule has 0 unspecified atom stereocenters. The third-order valence-electron chi connectivity index (χ3n) is 7.42. The van der Waals surface area contributed by atoms with Crippen molar-refractivity contribution in [2.24, 2.45) is 22.5 Å². The van der Waals surface area contributed by atoms with Crippen LogP contribution in [0.3, 0.4) is 0 Å². The summed E-state index contributed by atoms with van der Waals surface area (Å²) in [6, 6.07) is 11.1. The van der Waals surface area contributed by atoms with Crippen LogP contribution in [0.25, 0.3) is 0 Å². The van der Waals surface area contributed by atoms with Gasteiger partial charge in [-0.25, -0.2) is 4.98 Å². The fraction of sp³-hybridized carbons (Fsp3) is 0.464. The molecule has 36 heavy (non-hydrogen) atoms. The normalized spacial score (nSPS) is 22.7. The van der Waals surface area contributed by atoms with E-state index >= 15 is 0 Å². The number of nitrogens with zero attached hydrogens (tertiary/aromatic N) is 3. The van der Waals surface area contributed by atoms with Gasteiger partial charge in [-0.2, -0.15) is 5.26 Å². The summed E-state index contributed by atoms with van der Waals surface area (Å²) in [4.78, 5) is 18.0. The van der Waals surface area contributed by atoms with Gasteiger partial charge in [0.2, 0.25) is 5.91 Å². The first kappa shape index (κ1) is 27.8. The van der Waals surface area contributed by atoms with E-state index in [1.165, 1.54) is 6.20 Å². The highest BCUT2D eigenvalue weighted by Gasteiger charge is 2.65. The van der Waals surface area contributed by atoms with Crippen LogP contribution in [-0.4, -0.2) is 41.0 Å². The summed E-state index contributed by atoms with van der Waals surface area (Å²) >= 11 is 6.22. The number of piperidine rings is 1. The van der Waals surface area contributed by atoms with Crippen LogP contribution in [0.5, 0.6) is 5.75 Å². The van der Waals surface area contributed by atoms with Gasteiger partial charge in [0.05, 0.1) is 16.1 Å². The van der Waals surface area contributed by atoms with Gasteiger partial charge < -0.3 is 10.5 Å². The van der Waals surface area contributed by atoms with Gasteiger partial charge in [-0.1, -0.05) is 45.2 Å². The number of hydrogen-bond donors (Lipinski definition) is 1. The van der Waals surface area contributed by atoms with Crippen LogP contribution in [0.15, 0.2) is 36.5 Å². The molecule has 0 radical (unpaired) electrons. The van der Waals surface area contributed by atoms with Crippen LogP contribution in [0, 0.1) is 39.9 Å².